The first-order valence-corrected chi connectivity index (χ1v) is 9.37. The summed E-state index contributed by atoms with van der Waals surface area (Å²) in [6.45, 7) is 4.00. The van der Waals surface area contributed by atoms with Crippen molar-refractivity contribution in [2.24, 2.45) is 12.0 Å². The Hall–Kier alpha value is -2.50. The summed E-state index contributed by atoms with van der Waals surface area (Å²) in [4.78, 5) is 9.13. The Morgan fingerprint density at radius 1 is 1.35 bits per heavy atom. The van der Waals surface area contributed by atoms with Gasteiger partial charge in [-0.1, -0.05) is 18.2 Å². The zero-order valence-electron chi connectivity index (χ0n) is 16.1. The number of aryl methyl sites for hydroxylation is 1. The lowest BCUT2D eigenvalue weighted by Gasteiger charge is -2.23. The number of hydrogen-bond acceptors (Lipinski definition) is 3. The quantitative estimate of drug-likeness (QED) is 0.491. The van der Waals surface area contributed by atoms with Crippen molar-refractivity contribution in [3.05, 3.63) is 48.3 Å². The third-order valence-electron chi connectivity index (χ3n) is 5.05. The minimum absolute atomic E-state index is 0.548. The van der Waals surface area contributed by atoms with E-state index in [1.807, 2.05) is 25.0 Å². The van der Waals surface area contributed by atoms with Crippen LogP contribution in [0.4, 0.5) is 5.69 Å². The summed E-state index contributed by atoms with van der Waals surface area (Å²) in [6, 6.07) is 10.5. The van der Waals surface area contributed by atoms with E-state index in [9.17, 15) is 0 Å². The van der Waals surface area contributed by atoms with E-state index in [1.54, 1.807) is 0 Å². The number of rotatable bonds is 6. The molecule has 0 saturated carbocycles. The van der Waals surface area contributed by atoms with Crippen molar-refractivity contribution in [1.82, 2.24) is 20.0 Å². The van der Waals surface area contributed by atoms with Crippen LogP contribution in [0, 0.1) is 0 Å². The van der Waals surface area contributed by atoms with Gasteiger partial charge in [0.15, 0.2) is 5.96 Å². The molecular formula is C20H30N6. The van der Waals surface area contributed by atoms with Gasteiger partial charge in [0.05, 0.1) is 6.20 Å². The van der Waals surface area contributed by atoms with Crippen molar-refractivity contribution in [2.45, 2.75) is 18.8 Å². The van der Waals surface area contributed by atoms with Crippen molar-refractivity contribution in [2.75, 3.05) is 45.2 Å². The normalized spacial score (nSPS) is 17.6. The summed E-state index contributed by atoms with van der Waals surface area (Å²) in [5.41, 5.74) is 2.59. The van der Waals surface area contributed by atoms with Crippen LogP contribution < -0.4 is 10.2 Å². The second-order valence-electron chi connectivity index (χ2n) is 6.96. The summed E-state index contributed by atoms with van der Waals surface area (Å²) >= 11 is 0. The largest absolute Gasteiger partial charge is 0.375 e. The highest BCUT2D eigenvalue weighted by atomic mass is 15.3. The number of aromatic nitrogens is 2. The molecule has 1 saturated heterocycles. The summed E-state index contributed by atoms with van der Waals surface area (Å²) < 4.78 is 1.88. The molecule has 1 N–H and O–H groups in total. The van der Waals surface area contributed by atoms with E-state index in [0.29, 0.717) is 5.92 Å². The number of nitrogens with one attached hydrogen (secondary N) is 1. The smallest absolute Gasteiger partial charge is 0.193 e. The molecule has 0 spiro atoms. The van der Waals surface area contributed by atoms with E-state index in [1.165, 1.54) is 11.3 Å². The molecule has 1 aliphatic rings. The Kier molecular flexibility index (Phi) is 6.15. The number of anilines is 1. The maximum Gasteiger partial charge on any atom is 0.193 e. The van der Waals surface area contributed by atoms with Crippen LogP contribution in [0.5, 0.6) is 0 Å². The number of nitrogens with zero attached hydrogens (tertiary/aromatic N) is 5. The maximum absolute atomic E-state index is 4.48. The number of guanidine groups is 1. The number of aliphatic imine (C=N–C) groups is 1. The van der Waals surface area contributed by atoms with E-state index >= 15 is 0 Å². The number of likely N-dealkylation sites (tertiary alicyclic amines) is 1. The van der Waals surface area contributed by atoms with Gasteiger partial charge in [-0.3, -0.25) is 9.67 Å². The Labute approximate surface area is 156 Å². The molecule has 0 bridgehead atoms. The Bertz CT molecular complexity index is 708. The fraction of sp³-hybridized carbons (Fsp3) is 0.500. The third-order valence-corrected chi connectivity index (χ3v) is 5.05. The Morgan fingerprint density at radius 3 is 2.85 bits per heavy atom. The van der Waals surface area contributed by atoms with Crippen molar-refractivity contribution in [3.8, 4) is 0 Å². The molecule has 1 atom stereocenters. The molecule has 3 rings (SSSR count). The molecule has 2 aromatic rings. The van der Waals surface area contributed by atoms with Crippen LogP contribution in [0.1, 0.15) is 24.3 Å². The van der Waals surface area contributed by atoms with Gasteiger partial charge in [0.1, 0.15) is 0 Å². The fourth-order valence-electron chi connectivity index (χ4n) is 3.54. The van der Waals surface area contributed by atoms with Crippen LogP contribution in [-0.2, 0) is 7.05 Å². The molecule has 2 heterocycles. The van der Waals surface area contributed by atoms with Gasteiger partial charge in [-0.15, -0.1) is 0 Å². The maximum atomic E-state index is 4.48. The van der Waals surface area contributed by atoms with E-state index < -0.39 is 0 Å². The molecule has 0 aliphatic carbocycles. The van der Waals surface area contributed by atoms with Crippen molar-refractivity contribution < 1.29 is 0 Å². The van der Waals surface area contributed by atoms with Gasteiger partial charge in [-0.2, -0.15) is 5.10 Å². The minimum atomic E-state index is 0.548. The molecule has 1 aliphatic heterocycles. The zero-order chi connectivity index (χ0) is 18.4. The van der Waals surface area contributed by atoms with Crippen LogP contribution in [-0.4, -0.2) is 60.9 Å². The summed E-state index contributed by atoms with van der Waals surface area (Å²) in [5.74, 6) is 1.56. The first kappa shape index (κ1) is 18.3. The highest BCUT2D eigenvalue weighted by Gasteiger charge is 2.26. The van der Waals surface area contributed by atoms with Crippen molar-refractivity contribution >= 4 is 11.6 Å². The highest BCUT2D eigenvalue weighted by Crippen LogP contribution is 2.26. The lowest BCUT2D eigenvalue weighted by Crippen LogP contribution is -2.40. The molecule has 1 aromatic heterocycles. The summed E-state index contributed by atoms with van der Waals surface area (Å²) in [5, 5.41) is 7.82. The van der Waals surface area contributed by atoms with E-state index in [-0.39, 0.29) is 0 Å². The lowest BCUT2D eigenvalue weighted by molar-refractivity contribution is 0.485. The molecule has 0 radical (unpaired) electrons. The second-order valence-corrected chi connectivity index (χ2v) is 6.96. The summed E-state index contributed by atoms with van der Waals surface area (Å²) in [7, 11) is 5.99. The molecule has 0 amide bonds. The molecular weight excluding hydrogens is 324 g/mol. The first-order chi connectivity index (χ1) is 12.7. The van der Waals surface area contributed by atoms with E-state index in [4.69, 9.17) is 0 Å². The topological polar surface area (TPSA) is 48.7 Å². The van der Waals surface area contributed by atoms with Crippen molar-refractivity contribution in [1.29, 1.82) is 0 Å². The molecule has 6 nitrogen and oxygen atoms in total. The minimum Gasteiger partial charge on any atom is -0.375 e. The second kappa shape index (κ2) is 8.74. The highest BCUT2D eigenvalue weighted by molar-refractivity contribution is 5.80. The van der Waals surface area contributed by atoms with E-state index in [2.05, 4.69) is 68.8 Å². The van der Waals surface area contributed by atoms with Crippen LogP contribution >= 0.6 is 0 Å². The Morgan fingerprint density at radius 2 is 2.15 bits per heavy atom. The molecule has 1 aromatic carbocycles. The monoisotopic (exact) mass is 354 g/mol. The third kappa shape index (κ3) is 4.56. The van der Waals surface area contributed by atoms with E-state index in [0.717, 1.165) is 45.0 Å². The van der Waals surface area contributed by atoms with Gasteiger partial charge in [0.2, 0.25) is 0 Å². The molecule has 1 unspecified atom stereocenters. The average molecular weight is 355 g/mol. The molecule has 26 heavy (non-hydrogen) atoms. The number of hydrogen-bond donors (Lipinski definition) is 1. The van der Waals surface area contributed by atoms with Crippen LogP contribution in [0.3, 0.4) is 0 Å². The van der Waals surface area contributed by atoms with Gasteiger partial charge in [0, 0.05) is 65.1 Å². The standard InChI is InChI=1S/C20H30N6/c1-21-20(22-11-7-12-24(2)19-8-5-4-6-9-19)26-13-10-17(16-26)18-14-23-25(3)15-18/h4-6,8-9,14-15,17H,7,10-13,16H2,1-3H3,(H,21,22). The van der Waals surface area contributed by atoms with Gasteiger partial charge < -0.3 is 15.1 Å². The first-order valence-electron chi connectivity index (χ1n) is 9.37. The van der Waals surface area contributed by atoms with Gasteiger partial charge in [0.25, 0.3) is 0 Å². The van der Waals surface area contributed by atoms with Gasteiger partial charge in [-0.25, -0.2) is 0 Å². The molecule has 6 heteroatoms. The zero-order valence-corrected chi connectivity index (χ0v) is 16.1. The molecule has 1 fully saturated rings. The number of para-hydroxylation sites is 1. The molecule has 140 valence electrons. The lowest BCUT2D eigenvalue weighted by atomic mass is 10.0. The van der Waals surface area contributed by atoms with Crippen LogP contribution in [0.2, 0.25) is 0 Å². The van der Waals surface area contributed by atoms with Crippen LogP contribution in [0.25, 0.3) is 0 Å². The SMILES string of the molecule is CN=C(NCCCN(C)c1ccccc1)N1CCC(c2cnn(C)c2)C1. The summed E-state index contributed by atoms with van der Waals surface area (Å²) in [6.07, 6.45) is 6.35. The van der Waals surface area contributed by atoms with Crippen molar-refractivity contribution in [3.63, 3.8) is 0 Å². The van der Waals surface area contributed by atoms with Gasteiger partial charge >= 0.3 is 0 Å². The number of benzene rings is 1. The van der Waals surface area contributed by atoms with Crippen LogP contribution in [0.15, 0.2) is 47.7 Å². The van der Waals surface area contributed by atoms with Gasteiger partial charge in [-0.05, 0) is 30.5 Å². The predicted octanol–water partition coefficient (Wildman–Crippen LogP) is 2.31. The average Bonchev–Trinajstić information content (AvgIpc) is 3.31. The predicted molar refractivity (Wildman–Crippen MR) is 108 cm³/mol. The fourth-order valence-corrected chi connectivity index (χ4v) is 3.54. The Balaban J connectivity index is 1.42.